The molecule has 0 amide bonds. The molecule has 6 rings (SSSR count). The summed E-state index contributed by atoms with van der Waals surface area (Å²) in [5.41, 5.74) is 7.09. The van der Waals surface area contributed by atoms with Crippen LogP contribution in [0.1, 0.15) is 40.9 Å². The molecular weight excluding hydrogens is 612 g/mol. The Balaban J connectivity index is 0.000000335. The Hall–Kier alpha value is -5.06. The molecule has 47 heavy (non-hydrogen) atoms. The fourth-order valence-corrected chi connectivity index (χ4v) is 5.78. The van der Waals surface area contributed by atoms with Gasteiger partial charge in [0.2, 0.25) is 0 Å². The van der Waals surface area contributed by atoms with Crippen LogP contribution < -0.4 is 14.5 Å². The molecule has 0 spiro atoms. The van der Waals surface area contributed by atoms with E-state index in [-0.39, 0.29) is 6.10 Å². The summed E-state index contributed by atoms with van der Waals surface area (Å²) in [5, 5.41) is 11.9. The molecule has 5 aromatic rings. The van der Waals surface area contributed by atoms with Crippen molar-refractivity contribution in [3.8, 4) is 5.75 Å². The standard InChI is InChI=1S/C28H27N3O4S.C9H11NO/c1-17(2)34-22-11-9-20(10-12-22)28(33)23(15-18-6-5-7-21(14-18)31(3)4)26(27(32)35-28)19-8-13-24-25(16-19)30-36-29-24;1-10(2)9-5-3-4-8(6-9)7-11/h5-14,16-17,33H,15H2,1-4H3;3-7H,1-2H3. The van der Waals surface area contributed by atoms with E-state index in [1.165, 1.54) is 0 Å². The van der Waals surface area contributed by atoms with Gasteiger partial charge in [-0.3, -0.25) is 4.79 Å². The molecule has 0 radical (unpaired) electrons. The number of anilines is 2. The molecule has 1 aliphatic heterocycles. The van der Waals surface area contributed by atoms with Crippen LogP contribution in [0.15, 0.2) is 96.6 Å². The number of nitrogens with zero attached hydrogens (tertiary/aromatic N) is 4. The second kappa shape index (κ2) is 14.1. The third kappa shape index (κ3) is 7.51. The molecule has 0 fully saturated rings. The fraction of sp³-hybridized carbons (Fsp3) is 0.243. The number of esters is 1. The average molecular weight is 651 g/mol. The highest BCUT2D eigenvalue weighted by Crippen LogP contribution is 2.45. The number of hydrogen-bond donors (Lipinski definition) is 1. The highest BCUT2D eigenvalue weighted by atomic mass is 32.1. The van der Waals surface area contributed by atoms with Gasteiger partial charge in [0, 0.05) is 62.7 Å². The van der Waals surface area contributed by atoms with Gasteiger partial charge in [0.05, 0.1) is 23.4 Å². The molecule has 10 heteroatoms. The van der Waals surface area contributed by atoms with Crippen molar-refractivity contribution in [1.82, 2.24) is 8.75 Å². The van der Waals surface area contributed by atoms with Gasteiger partial charge in [-0.1, -0.05) is 30.3 Å². The molecule has 1 aromatic heterocycles. The minimum absolute atomic E-state index is 0.0180. The Kier molecular flexibility index (Phi) is 10.0. The molecule has 242 valence electrons. The number of hydrogen-bond acceptors (Lipinski definition) is 10. The number of cyclic esters (lactones) is 1. The average Bonchev–Trinajstić information content (AvgIpc) is 3.62. The highest BCUT2D eigenvalue weighted by molar-refractivity contribution is 7.00. The number of aliphatic hydroxyl groups is 1. The fourth-order valence-electron chi connectivity index (χ4n) is 5.27. The van der Waals surface area contributed by atoms with E-state index in [4.69, 9.17) is 9.47 Å². The van der Waals surface area contributed by atoms with E-state index >= 15 is 0 Å². The zero-order valence-corrected chi connectivity index (χ0v) is 28.1. The lowest BCUT2D eigenvalue weighted by Gasteiger charge is -2.26. The Morgan fingerprint density at radius 2 is 1.53 bits per heavy atom. The van der Waals surface area contributed by atoms with Gasteiger partial charge in [0.15, 0.2) is 0 Å². The summed E-state index contributed by atoms with van der Waals surface area (Å²) in [6.07, 6.45) is 1.19. The molecule has 4 aromatic carbocycles. The lowest BCUT2D eigenvalue weighted by Crippen LogP contribution is -2.29. The first-order valence-electron chi connectivity index (χ1n) is 15.2. The Labute approximate surface area is 279 Å². The van der Waals surface area contributed by atoms with Crippen LogP contribution in [0.3, 0.4) is 0 Å². The quantitative estimate of drug-likeness (QED) is 0.141. The van der Waals surface area contributed by atoms with Gasteiger partial charge in [0.25, 0.3) is 5.79 Å². The van der Waals surface area contributed by atoms with Crippen molar-refractivity contribution in [2.45, 2.75) is 32.2 Å². The number of aldehydes is 1. The zero-order chi connectivity index (χ0) is 33.7. The predicted molar refractivity (Wildman–Crippen MR) is 187 cm³/mol. The van der Waals surface area contributed by atoms with Crippen molar-refractivity contribution < 1.29 is 24.2 Å². The van der Waals surface area contributed by atoms with E-state index in [1.807, 2.05) is 113 Å². The molecule has 1 aliphatic rings. The number of carbonyl (C=O) groups excluding carboxylic acids is 2. The third-order valence-electron chi connectivity index (χ3n) is 7.65. The molecule has 1 unspecified atom stereocenters. The first-order chi connectivity index (χ1) is 22.5. The van der Waals surface area contributed by atoms with Gasteiger partial charge < -0.3 is 24.4 Å². The van der Waals surface area contributed by atoms with Crippen molar-refractivity contribution in [1.29, 1.82) is 0 Å². The van der Waals surface area contributed by atoms with Crippen molar-refractivity contribution in [3.63, 3.8) is 0 Å². The molecule has 9 nitrogen and oxygen atoms in total. The maximum Gasteiger partial charge on any atom is 0.342 e. The molecule has 1 atom stereocenters. The number of rotatable bonds is 9. The SMILES string of the molecule is CC(C)Oc1ccc(C2(O)OC(=O)C(c3ccc4nsnc4c3)=C2Cc2cccc(N(C)C)c2)cc1.CN(C)c1cccc(C=O)c1. The largest absolute Gasteiger partial charge is 0.491 e. The van der Waals surface area contributed by atoms with Crippen LogP contribution in [-0.4, -0.2) is 60.4 Å². The molecule has 0 bridgehead atoms. The van der Waals surface area contributed by atoms with Crippen LogP contribution in [0.25, 0.3) is 16.6 Å². The maximum absolute atomic E-state index is 13.3. The second-order valence-electron chi connectivity index (χ2n) is 11.9. The number of fused-ring (bicyclic) bond motifs is 1. The Morgan fingerprint density at radius 3 is 2.19 bits per heavy atom. The minimum Gasteiger partial charge on any atom is -0.491 e. The topological polar surface area (TPSA) is 105 Å². The van der Waals surface area contributed by atoms with Gasteiger partial charge >= 0.3 is 5.97 Å². The van der Waals surface area contributed by atoms with E-state index < -0.39 is 11.8 Å². The lowest BCUT2D eigenvalue weighted by atomic mass is 9.88. The highest BCUT2D eigenvalue weighted by Gasteiger charge is 2.48. The molecule has 0 saturated heterocycles. The number of ether oxygens (including phenoxy) is 2. The van der Waals surface area contributed by atoms with Gasteiger partial charge in [-0.15, -0.1) is 0 Å². The summed E-state index contributed by atoms with van der Waals surface area (Å²) in [7, 11) is 7.84. The lowest BCUT2D eigenvalue weighted by molar-refractivity contribution is -0.185. The van der Waals surface area contributed by atoms with Crippen LogP contribution in [0.4, 0.5) is 11.4 Å². The second-order valence-corrected chi connectivity index (χ2v) is 12.4. The van der Waals surface area contributed by atoms with Gasteiger partial charge in [-0.2, -0.15) is 8.75 Å². The molecule has 1 N–H and O–H groups in total. The summed E-state index contributed by atoms with van der Waals surface area (Å²) in [4.78, 5) is 27.7. The number of benzene rings is 4. The van der Waals surface area contributed by atoms with Crippen molar-refractivity contribution in [2.24, 2.45) is 0 Å². The van der Waals surface area contributed by atoms with Crippen LogP contribution in [-0.2, 0) is 21.7 Å². The van der Waals surface area contributed by atoms with E-state index in [0.29, 0.717) is 40.0 Å². The predicted octanol–water partition coefficient (Wildman–Crippen LogP) is 6.51. The number of carbonyl (C=O) groups is 2. The monoisotopic (exact) mass is 650 g/mol. The summed E-state index contributed by atoms with van der Waals surface area (Å²) in [6, 6.07) is 28.0. The maximum atomic E-state index is 13.3. The van der Waals surface area contributed by atoms with Gasteiger partial charge in [-0.25, -0.2) is 4.79 Å². The van der Waals surface area contributed by atoms with E-state index in [1.54, 1.807) is 30.3 Å². The van der Waals surface area contributed by atoms with E-state index in [9.17, 15) is 14.7 Å². The Morgan fingerprint density at radius 1 is 0.872 bits per heavy atom. The third-order valence-corrected chi connectivity index (χ3v) is 8.20. The van der Waals surface area contributed by atoms with Crippen LogP contribution in [0, 0.1) is 0 Å². The minimum atomic E-state index is -1.92. The van der Waals surface area contributed by atoms with Gasteiger partial charge in [0.1, 0.15) is 23.1 Å². The van der Waals surface area contributed by atoms with Crippen molar-refractivity contribution in [2.75, 3.05) is 38.0 Å². The van der Waals surface area contributed by atoms with Crippen molar-refractivity contribution >= 4 is 52.0 Å². The van der Waals surface area contributed by atoms with Crippen LogP contribution in [0.5, 0.6) is 5.75 Å². The summed E-state index contributed by atoms with van der Waals surface area (Å²) >= 11 is 1.12. The van der Waals surface area contributed by atoms with Crippen LogP contribution in [0.2, 0.25) is 0 Å². The zero-order valence-electron chi connectivity index (χ0n) is 27.3. The van der Waals surface area contributed by atoms with Crippen molar-refractivity contribution in [3.05, 3.63) is 119 Å². The molecule has 0 saturated carbocycles. The Bertz CT molecular complexity index is 1920. The smallest absolute Gasteiger partial charge is 0.342 e. The van der Waals surface area contributed by atoms with E-state index in [0.717, 1.165) is 46.0 Å². The summed E-state index contributed by atoms with van der Waals surface area (Å²) < 4.78 is 20.1. The van der Waals surface area contributed by atoms with Gasteiger partial charge in [-0.05, 0) is 85.6 Å². The van der Waals surface area contributed by atoms with E-state index in [2.05, 4.69) is 8.75 Å². The molecule has 2 heterocycles. The molecule has 0 aliphatic carbocycles. The summed E-state index contributed by atoms with van der Waals surface area (Å²) in [5.74, 6) is -1.83. The normalized spacial score (nSPS) is 15.7. The first-order valence-corrected chi connectivity index (χ1v) is 15.9. The first kappa shape index (κ1) is 33.3. The summed E-state index contributed by atoms with van der Waals surface area (Å²) in [6.45, 7) is 3.90. The number of aromatic nitrogens is 2. The molecular formula is C37H38N4O5S. The van der Waals surface area contributed by atoms with Crippen LogP contribution >= 0.6 is 11.7 Å².